The van der Waals surface area contributed by atoms with Gasteiger partial charge in [0.05, 0.1) is 6.04 Å². The Bertz CT molecular complexity index is 499. The van der Waals surface area contributed by atoms with Crippen molar-refractivity contribution in [3.8, 4) is 0 Å². The Labute approximate surface area is 124 Å². The average Bonchev–Trinajstić information content (AvgIpc) is 2.57. The Balaban J connectivity index is 1.96. The van der Waals surface area contributed by atoms with Crippen molar-refractivity contribution >= 4 is 0 Å². The van der Waals surface area contributed by atoms with Crippen LogP contribution in [0.25, 0.3) is 0 Å². The van der Waals surface area contributed by atoms with Gasteiger partial charge < -0.3 is 0 Å². The molecule has 4 heteroatoms. The van der Waals surface area contributed by atoms with Gasteiger partial charge in [-0.25, -0.2) is 13.2 Å². The van der Waals surface area contributed by atoms with Crippen LogP contribution in [0.5, 0.6) is 0 Å². The Hall–Kier alpha value is -1.03. The van der Waals surface area contributed by atoms with E-state index in [1.54, 1.807) is 12.1 Å². The highest BCUT2D eigenvalue weighted by Gasteiger charge is 2.60. The predicted molar refractivity (Wildman–Crippen MR) is 77.1 cm³/mol. The van der Waals surface area contributed by atoms with Gasteiger partial charge in [-0.1, -0.05) is 25.5 Å². The minimum Gasteiger partial charge on any atom is -0.294 e. The van der Waals surface area contributed by atoms with E-state index in [4.69, 9.17) is 0 Å². The maximum atomic E-state index is 14.4. The Morgan fingerprint density at radius 3 is 2.52 bits per heavy atom. The van der Waals surface area contributed by atoms with Crippen LogP contribution in [0, 0.1) is 11.7 Å². The van der Waals surface area contributed by atoms with Gasteiger partial charge in [-0.05, 0) is 49.4 Å². The first-order valence-corrected chi connectivity index (χ1v) is 7.79. The molecule has 4 atom stereocenters. The Kier molecular flexibility index (Phi) is 3.76. The number of halogens is 3. The summed E-state index contributed by atoms with van der Waals surface area (Å²) in [6.07, 6.45) is 2.40. The highest BCUT2D eigenvalue weighted by atomic mass is 19.3. The zero-order chi connectivity index (χ0) is 15.2. The van der Waals surface area contributed by atoms with E-state index < -0.39 is 12.0 Å². The predicted octanol–water partition coefficient (Wildman–Crippen LogP) is 4.44. The van der Waals surface area contributed by atoms with Crippen molar-refractivity contribution in [2.24, 2.45) is 5.92 Å². The van der Waals surface area contributed by atoms with Gasteiger partial charge in [0.15, 0.2) is 0 Å². The second-order valence-corrected chi connectivity index (χ2v) is 6.58. The number of rotatable bonds is 3. The minimum atomic E-state index is -2.60. The topological polar surface area (TPSA) is 3.24 Å². The maximum Gasteiger partial charge on any atom is 0.265 e. The molecule has 2 aliphatic rings. The molecule has 2 fully saturated rings. The quantitative estimate of drug-likeness (QED) is 0.797. The van der Waals surface area contributed by atoms with Crippen LogP contribution >= 0.6 is 0 Å². The summed E-state index contributed by atoms with van der Waals surface area (Å²) in [5, 5.41) is 0. The third kappa shape index (κ3) is 2.48. The van der Waals surface area contributed by atoms with Crippen molar-refractivity contribution < 1.29 is 13.2 Å². The van der Waals surface area contributed by atoms with Gasteiger partial charge >= 0.3 is 0 Å². The number of benzene rings is 1. The van der Waals surface area contributed by atoms with Gasteiger partial charge in [0.1, 0.15) is 5.82 Å². The van der Waals surface area contributed by atoms with Crippen molar-refractivity contribution in [3.63, 3.8) is 0 Å². The van der Waals surface area contributed by atoms with E-state index >= 15 is 0 Å². The van der Waals surface area contributed by atoms with Crippen molar-refractivity contribution in [1.82, 2.24) is 4.90 Å². The minimum absolute atomic E-state index is 0.0356. The van der Waals surface area contributed by atoms with Crippen LogP contribution in [0.3, 0.4) is 0 Å². The summed E-state index contributed by atoms with van der Waals surface area (Å²) in [6, 6.07) is 5.68. The number of nitrogens with zero attached hydrogens (tertiary/aromatic N) is 1. The fourth-order valence-corrected chi connectivity index (χ4v) is 4.44. The van der Waals surface area contributed by atoms with Crippen LogP contribution in [0.4, 0.5) is 13.2 Å². The molecule has 2 heterocycles. The second-order valence-electron chi connectivity index (χ2n) is 6.58. The van der Waals surface area contributed by atoms with Gasteiger partial charge in [0.25, 0.3) is 5.92 Å². The number of hydrogen-bond donors (Lipinski definition) is 0. The molecule has 0 radical (unpaired) electrons. The molecular formula is C17H22F3N. The van der Waals surface area contributed by atoms with Gasteiger partial charge in [0, 0.05) is 12.5 Å². The lowest BCUT2D eigenvalue weighted by Crippen LogP contribution is -2.50. The first-order valence-electron chi connectivity index (χ1n) is 7.79. The molecule has 0 saturated carbocycles. The van der Waals surface area contributed by atoms with E-state index in [1.807, 2.05) is 18.9 Å². The number of alkyl halides is 2. The molecule has 0 spiro atoms. The summed E-state index contributed by atoms with van der Waals surface area (Å²) in [4.78, 5) is 1.89. The fourth-order valence-electron chi connectivity index (χ4n) is 4.44. The van der Waals surface area contributed by atoms with Crippen LogP contribution < -0.4 is 0 Å². The van der Waals surface area contributed by atoms with Crippen LogP contribution in [0.1, 0.15) is 44.1 Å². The summed E-state index contributed by atoms with van der Waals surface area (Å²) < 4.78 is 41.9. The van der Waals surface area contributed by atoms with Gasteiger partial charge in [-0.2, -0.15) is 0 Å². The zero-order valence-corrected chi connectivity index (χ0v) is 12.5. The molecule has 2 saturated heterocycles. The first kappa shape index (κ1) is 14.9. The SMILES string of the molecule is CCC[C@@H]1[C@@H]2N(C)[C@H](C[C@H]1c1ccc(F)cc1)CC2(F)F. The van der Waals surface area contributed by atoms with Gasteiger partial charge in [-0.15, -0.1) is 0 Å². The average molecular weight is 297 g/mol. The lowest BCUT2D eigenvalue weighted by molar-refractivity contribution is -0.0614. The van der Waals surface area contributed by atoms with E-state index in [1.165, 1.54) is 12.1 Å². The molecule has 1 aromatic rings. The van der Waals surface area contributed by atoms with E-state index in [-0.39, 0.29) is 30.1 Å². The molecular weight excluding hydrogens is 275 g/mol. The summed E-state index contributed by atoms with van der Waals surface area (Å²) >= 11 is 0. The molecule has 21 heavy (non-hydrogen) atoms. The molecule has 1 nitrogen and oxygen atoms in total. The van der Waals surface area contributed by atoms with E-state index in [2.05, 4.69) is 0 Å². The maximum absolute atomic E-state index is 14.4. The summed E-state index contributed by atoms with van der Waals surface area (Å²) in [6.45, 7) is 2.04. The Morgan fingerprint density at radius 2 is 1.90 bits per heavy atom. The Morgan fingerprint density at radius 1 is 1.24 bits per heavy atom. The van der Waals surface area contributed by atoms with E-state index in [0.717, 1.165) is 24.8 Å². The van der Waals surface area contributed by atoms with Crippen LogP contribution in [0.15, 0.2) is 24.3 Å². The third-order valence-corrected chi connectivity index (χ3v) is 5.32. The molecule has 0 N–H and O–H groups in total. The number of fused-ring (bicyclic) bond motifs is 2. The van der Waals surface area contributed by atoms with Crippen LogP contribution in [-0.4, -0.2) is 30.0 Å². The summed E-state index contributed by atoms with van der Waals surface area (Å²) in [7, 11) is 1.83. The first-order chi connectivity index (χ1) is 9.94. The highest BCUT2D eigenvalue weighted by Crippen LogP contribution is 2.53. The summed E-state index contributed by atoms with van der Waals surface area (Å²) in [5.74, 6) is -2.81. The molecule has 2 aliphatic heterocycles. The molecule has 0 amide bonds. The fraction of sp³-hybridized carbons (Fsp3) is 0.647. The molecule has 3 rings (SSSR count). The standard InChI is InChI=1S/C17H22F3N/c1-3-4-14-15(11-5-7-12(18)8-6-11)9-13-10-17(19,20)16(14)21(13)2/h5-8,13-16H,3-4,9-10H2,1-2H3/t13-,14+,15+,16+/m1/s1. The molecule has 0 unspecified atom stereocenters. The third-order valence-electron chi connectivity index (χ3n) is 5.32. The van der Waals surface area contributed by atoms with E-state index in [9.17, 15) is 13.2 Å². The van der Waals surface area contributed by atoms with Crippen LogP contribution in [-0.2, 0) is 0 Å². The molecule has 116 valence electrons. The van der Waals surface area contributed by atoms with Crippen molar-refractivity contribution in [2.75, 3.05) is 7.05 Å². The lowest BCUT2D eigenvalue weighted by atomic mass is 9.74. The van der Waals surface area contributed by atoms with Crippen molar-refractivity contribution in [1.29, 1.82) is 0 Å². The van der Waals surface area contributed by atoms with Gasteiger partial charge in [0.2, 0.25) is 0 Å². The molecule has 2 bridgehead atoms. The molecule has 1 aromatic carbocycles. The smallest absolute Gasteiger partial charge is 0.265 e. The van der Waals surface area contributed by atoms with E-state index in [0.29, 0.717) is 0 Å². The monoisotopic (exact) mass is 297 g/mol. The lowest BCUT2D eigenvalue weighted by Gasteiger charge is -2.43. The summed E-state index contributed by atoms with van der Waals surface area (Å²) in [5.41, 5.74) is 1.01. The largest absolute Gasteiger partial charge is 0.294 e. The highest BCUT2D eigenvalue weighted by molar-refractivity contribution is 5.25. The molecule has 0 aliphatic carbocycles. The molecule has 0 aromatic heterocycles. The normalized spacial score (nSPS) is 35.1. The number of hydrogen-bond acceptors (Lipinski definition) is 1. The zero-order valence-electron chi connectivity index (χ0n) is 12.5. The number of piperidine rings is 1. The van der Waals surface area contributed by atoms with Crippen molar-refractivity contribution in [2.45, 2.75) is 56.5 Å². The van der Waals surface area contributed by atoms with Crippen LogP contribution in [0.2, 0.25) is 0 Å². The second kappa shape index (κ2) is 5.31. The van der Waals surface area contributed by atoms with Gasteiger partial charge in [-0.3, -0.25) is 4.90 Å². The van der Waals surface area contributed by atoms with Crippen molar-refractivity contribution in [3.05, 3.63) is 35.6 Å².